The smallest absolute Gasteiger partial charge is 0.272 e. The number of hydrogen-bond donors (Lipinski definition) is 1. The Labute approximate surface area is 127 Å². The molecule has 0 aliphatic heterocycles. The molecule has 0 aliphatic carbocycles. The highest BCUT2D eigenvalue weighted by molar-refractivity contribution is 6.30. The van der Waals surface area contributed by atoms with Gasteiger partial charge >= 0.3 is 0 Å². The lowest BCUT2D eigenvalue weighted by Gasteiger charge is -2.17. The van der Waals surface area contributed by atoms with Crippen molar-refractivity contribution >= 4 is 17.2 Å². The van der Waals surface area contributed by atoms with Crippen LogP contribution < -0.4 is 5.56 Å². The number of nitrogens with one attached hydrogen (secondary N) is 1. The number of benzene rings is 1. The van der Waals surface area contributed by atoms with Gasteiger partial charge in [-0.15, -0.1) is 0 Å². The highest BCUT2D eigenvalue weighted by Crippen LogP contribution is 2.27. The molecule has 3 aromatic rings. The third-order valence-corrected chi connectivity index (χ3v) is 3.64. The van der Waals surface area contributed by atoms with E-state index < -0.39 is 0 Å². The molecule has 2 heterocycles. The molecule has 0 unspecified atom stereocenters. The number of aromatic amines is 1. The van der Waals surface area contributed by atoms with Crippen molar-refractivity contribution in [2.45, 2.75) is 26.2 Å². The standard InChI is InChI=1S/C16H16ClN3O/c1-16(2,3)13-8-14(21)20-15(19-13)12(9-18-20)10-5-4-6-11(17)7-10/h4-9,18H,1-3H3. The number of hydrogen-bond acceptors (Lipinski definition) is 2. The zero-order valence-electron chi connectivity index (χ0n) is 12.1. The lowest BCUT2D eigenvalue weighted by atomic mass is 9.92. The van der Waals surface area contributed by atoms with E-state index >= 15 is 0 Å². The van der Waals surface area contributed by atoms with E-state index in [2.05, 4.69) is 10.1 Å². The van der Waals surface area contributed by atoms with Gasteiger partial charge in [-0.05, 0) is 17.7 Å². The second-order valence-corrected chi connectivity index (χ2v) is 6.52. The fourth-order valence-electron chi connectivity index (χ4n) is 2.23. The molecule has 0 bridgehead atoms. The molecular formula is C16H16ClN3O. The van der Waals surface area contributed by atoms with Crippen molar-refractivity contribution in [2.24, 2.45) is 0 Å². The molecule has 5 heteroatoms. The summed E-state index contributed by atoms with van der Waals surface area (Å²) in [5, 5.41) is 3.61. The molecule has 0 radical (unpaired) electrons. The fourth-order valence-corrected chi connectivity index (χ4v) is 2.42. The molecule has 4 nitrogen and oxygen atoms in total. The molecule has 21 heavy (non-hydrogen) atoms. The molecule has 0 saturated carbocycles. The van der Waals surface area contributed by atoms with E-state index in [-0.39, 0.29) is 11.0 Å². The molecule has 0 fully saturated rings. The number of aromatic nitrogens is 3. The topological polar surface area (TPSA) is 50.2 Å². The first kappa shape index (κ1) is 13.9. The van der Waals surface area contributed by atoms with E-state index in [1.807, 2.05) is 45.0 Å². The Kier molecular flexibility index (Phi) is 3.14. The summed E-state index contributed by atoms with van der Waals surface area (Å²) in [5.41, 5.74) is 2.89. The van der Waals surface area contributed by atoms with Gasteiger partial charge in [-0.25, -0.2) is 9.50 Å². The van der Waals surface area contributed by atoms with Crippen LogP contribution in [0.15, 0.2) is 41.3 Å². The van der Waals surface area contributed by atoms with Gasteiger partial charge in [0.1, 0.15) is 0 Å². The van der Waals surface area contributed by atoms with Crippen molar-refractivity contribution in [1.82, 2.24) is 14.6 Å². The molecular weight excluding hydrogens is 286 g/mol. The van der Waals surface area contributed by atoms with Gasteiger partial charge in [0.05, 0.1) is 5.69 Å². The van der Waals surface area contributed by atoms with E-state index in [0.717, 1.165) is 16.8 Å². The van der Waals surface area contributed by atoms with Gasteiger partial charge in [0, 0.05) is 28.3 Å². The minimum Gasteiger partial charge on any atom is -0.296 e. The Bertz CT molecular complexity index is 871. The largest absolute Gasteiger partial charge is 0.296 e. The average molecular weight is 302 g/mol. The van der Waals surface area contributed by atoms with E-state index in [1.54, 1.807) is 12.3 Å². The number of H-pyrrole nitrogens is 1. The molecule has 0 spiro atoms. The molecule has 2 aromatic heterocycles. The van der Waals surface area contributed by atoms with Crippen LogP contribution in [0, 0.1) is 0 Å². The van der Waals surface area contributed by atoms with Gasteiger partial charge in [-0.2, -0.15) is 0 Å². The molecule has 0 atom stereocenters. The number of fused-ring (bicyclic) bond motifs is 1. The van der Waals surface area contributed by atoms with Crippen molar-refractivity contribution in [3.05, 3.63) is 57.6 Å². The van der Waals surface area contributed by atoms with Crippen molar-refractivity contribution < 1.29 is 0 Å². The first-order chi connectivity index (χ1) is 9.86. The number of halogens is 1. The summed E-state index contributed by atoms with van der Waals surface area (Å²) in [7, 11) is 0. The summed E-state index contributed by atoms with van der Waals surface area (Å²) in [6.07, 6.45) is 1.78. The van der Waals surface area contributed by atoms with Crippen LogP contribution in [-0.2, 0) is 5.41 Å². The van der Waals surface area contributed by atoms with Crippen molar-refractivity contribution in [2.75, 3.05) is 0 Å². The number of rotatable bonds is 1. The summed E-state index contributed by atoms with van der Waals surface area (Å²) in [6.45, 7) is 6.12. The second kappa shape index (κ2) is 4.74. The van der Waals surface area contributed by atoms with E-state index in [0.29, 0.717) is 10.7 Å². The Balaban J connectivity index is 2.31. The Morgan fingerprint density at radius 3 is 2.67 bits per heavy atom. The lowest BCUT2D eigenvalue weighted by molar-refractivity contribution is 0.566. The molecule has 1 N–H and O–H groups in total. The van der Waals surface area contributed by atoms with Gasteiger partial charge < -0.3 is 0 Å². The van der Waals surface area contributed by atoms with Gasteiger partial charge in [-0.1, -0.05) is 44.5 Å². The average Bonchev–Trinajstić information content (AvgIpc) is 2.82. The highest BCUT2D eigenvalue weighted by atomic mass is 35.5. The van der Waals surface area contributed by atoms with Crippen LogP contribution in [0.3, 0.4) is 0 Å². The maximum absolute atomic E-state index is 12.2. The quantitative estimate of drug-likeness (QED) is 0.746. The Hall–Kier alpha value is -2.07. The molecule has 108 valence electrons. The summed E-state index contributed by atoms with van der Waals surface area (Å²) < 4.78 is 1.45. The van der Waals surface area contributed by atoms with E-state index in [9.17, 15) is 4.79 Å². The van der Waals surface area contributed by atoms with Gasteiger partial charge in [0.15, 0.2) is 5.65 Å². The maximum Gasteiger partial charge on any atom is 0.272 e. The van der Waals surface area contributed by atoms with Gasteiger partial charge in [0.2, 0.25) is 0 Å². The van der Waals surface area contributed by atoms with Gasteiger partial charge in [-0.3, -0.25) is 9.89 Å². The summed E-state index contributed by atoms with van der Waals surface area (Å²) in [6, 6.07) is 9.09. The van der Waals surface area contributed by atoms with Crippen LogP contribution >= 0.6 is 11.6 Å². The fraction of sp³-hybridized carbons (Fsp3) is 0.250. The summed E-state index contributed by atoms with van der Waals surface area (Å²) in [5.74, 6) is 0. The molecule has 1 aromatic carbocycles. The molecule has 0 aliphatic rings. The third-order valence-electron chi connectivity index (χ3n) is 3.40. The summed E-state index contributed by atoms with van der Waals surface area (Å²) in [4.78, 5) is 16.9. The van der Waals surface area contributed by atoms with Crippen molar-refractivity contribution in [3.8, 4) is 11.1 Å². The maximum atomic E-state index is 12.2. The van der Waals surface area contributed by atoms with Gasteiger partial charge in [0.25, 0.3) is 5.56 Å². The SMILES string of the molecule is CC(C)(C)c1cc(=O)n2[nH]cc(-c3cccc(Cl)c3)c2n1. The van der Waals surface area contributed by atoms with Crippen molar-refractivity contribution in [3.63, 3.8) is 0 Å². The minimum atomic E-state index is -0.184. The summed E-state index contributed by atoms with van der Waals surface area (Å²) >= 11 is 6.05. The molecule has 3 rings (SSSR count). The van der Waals surface area contributed by atoms with E-state index in [1.165, 1.54) is 4.52 Å². The normalized spacial score (nSPS) is 12.0. The Morgan fingerprint density at radius 1 is 1.24 bits per heavy atom. The van der Waals surface area contributed by atoms with Crippen molar-refractivity contribution in [1.29, 1.82) is 0 Å². The first-order valence-electron chi connectivity index (χ1n) is 6.74. The van der Waals surface area contributed by atoms with Crippen LogP contribution in [0.1, 0.15) is 26.5 Å². The molecule has 0 amide bonds. The van der Waals surface area contributed by atoms with Crippen LogP contribution in [0.5, 0.6) is 0 Å². The highest BCUT2D eigenvalue weighted by Gasteiger charge is 2.19. The van der Waals surface area contributed by atoms with E-state index in [4.69, 9.17) is 11.6 Å². The van der Waals surface area contributed by atoms with Crippen LogP contribution in [-0.4, -0.2) is 14.6 Å². The zero-order valence-corrected chi connectivity index (χ0v) is 12.9. The second-order valence-electron chi connectivity index (χ2n) is 6.09. The number of nitrogens with zero attached hydrogens (tertiary/aromatic N) is 2. The van der Waals surface area contributed by atoms with Crippen LogP contribution in [0.25, 0.3) is 16.8 Å². The zero-order chi connectivity index (χ0) is 15.2. The minimum absolute atomic E-state index is 0.113. The van der Waals surface area contributed by atoms with Crippen LogP contribution in [0.4, 0.5) is 0 Å². The van der Waals surface area contributed by atoms with Crippen LogP contribution in [0.2, 0.25) is 5.02 Å². The monoisotopic (exact) mass is 301 g/mol. The lowest BCUT2D eigenvalue weighted by Crippen LogP contribution is -2.22. The third kappa shape index (κ3) is 2.47. The Morgan fingerprint density at radius 2 is 2.00 bits per heavy atom. The predicted octanol–water partition coefficient (Wildman–Crippen LogP) is 3.64. The predicted molar refractivity (Wildman–Crippen MR) is 85.0 cm³/mol. The molecule has 0 saturated heterocycles. The first-order valence-corrected chi connectivity index (χ1v) is 7.12.